The Hall–Kier alpha value is -2.32. The van der Waals surface area contributed by atoms with Gasteiger partial charge in [-0.1, -0.05) is 52.3 Å². The molecule has 0 aliphatic heterocycles. The molecule has 0 atom stereocenters. The van der Waals surface area contributed by atoms with Crippen LogP contribution >= 0.6 is 15.9 Å². The van der Waals surface area contributed by atoms with Gasteiger partial charge in [0.05, 0.1) is 0 Å². The summed E-state index contributed by atoms with van der Waals surface area (Å²) in [6.45, 7) is 0. The van der Waals surface area contributed by atoms with Gasteiger partial charge in [0.1, 0.15) is 5.75 Å². The lowest BCUT2D eigenvalue weighted by molar-refractivity contribution is 0.477. The minimum atomic E-state index is 0.319. The van der Waals surface area contributed by atoms with Crippen molar-refractivity contribution in [1.29, 1.82) is 0 Å². The van der Waals surface area contributed by atoms with Gasteiger partial charge in [0.15, 0.2) is 0 Å². The monoisotopic (exact) mass is 348 g/mol. The van der Waals surface area contributed by atoms with Gasteiger partial charge in [-0.25, -0.2) is 0 Å². The van der Waals surface area contributed by atoms with Crippen molar-refractivity contribution < 1.29 is 5.11 Å². The highest BCUT2D eigenvalue weighted by Gasteiger charge is 2.08. The van der Waals surface area contributed by atoms with Gasteiger partial charge < -0.3 is 5.11 Å². The summed E-state index contributed by atoms with van der Waals surface area (Å²) in [6.07, 6.45) is 0. The number of hydrogen-bond acceptors (Lipinski definition) is 1. The van der Waals surface area contributed by atoms with Crippen LogP contribution in [-0.2, 0) is 0 Å². The van der Waals surface area contributed by atoms with Crippen molar-refractivity contribution in [2.75, 3.05) is 0 Å². The molecule has 0 spiro atoms. The van der Waals surface area contributed by atoms with Gasteiger partial charge in [0, 0.05) is 4.47 Å². The summed E-state index contributed by atoms with van der Waals surface area (Å²) in [5.41, 5.74) is 6.94. The van der Waals surface area contributed by atoms with Crippen molar-refractivity contribution >= 4 is 15.9 Å². The quantitative estimate of drug-likeness (QED) is 0.445. The van der Waals surface area contributed by atoms with E-state index in [0.717, 1.165) is 15.6 Å². The smallest absolute Gasteiger partial charge is 0.116 e. The Bertz CT molecular complexity index is 845. The minimum absolute atomic E-state index is 0.319. The zero-order chi connectivity index (χ0) is 15.1. The SMILES string of the molecule is Oc1cc2ccc(-c3cc4ccc(Br)ccc-4c3)ccc-2c1. The summed E-state index contributed by atoms with van der Waals surface area (Å²) in [4.78, 5) is 0. The maximum atomic E-state index is 9.56. The molecular weight excluding hydrogens is 336 g/mol. The van der Waals surface area contributed by atoms with E-state index < -0.39 is 0 Å². The average Bonchev–Trinajstić information content (AvgIpc) is 2.95. The average molecular weight is 349 g/mol. The molecule has 0 saturated carbocycles. The molecule has 0 aromatic heterocycles. The van der Waals surface area contributed by atoms with Gasteiger partial charge in [-0.2, -0.15) is 0 Å². The van der Waals surface area contributed by atoms with E-state index in [1.165, 1.54) is 22.3 Å². The fraction of sp³-hybridized carbons (Fsp3) is 0. The number of hydrogen-bond donors (Lipinski definition) is 1. The fourth-order valence-electron chi connectivity index (χ4n) is 2.82. The highest BCUT2D eigenvalue weighted by Crippen LogP contribution is 2.35. The lowest BCUT2D eigenvalue weighted by atomic mass is 10.1. The Morgan fingerprint density at radius 3 is 1.45 bits per heavy atom. The Kier molecular flexibility index (Phi) is 3.12. The minimum Gasteiger partial charge on any atom is -0.508 e. The lowest BCUT2D eigenvalue weighted by Crippen LogP contribution is -1.65. The zero-order valence-electron chi connectivity index (χ0n) is 11.8. The molecule has 0 amide bonds. The molecule has 1 nitrogen and oxygen atoms in total. The van der Waals surface area contributed by atoms with Crippen LogP contribution in [0.5, 0.6) is 5.75 Å². The molecular formula is C20H13BrO. The Balaban J connectivity index is 1.85. The topological polar surface area (TPSA) is 20.2 Å². The molecule has 4 aliphatic rings. The predicted molar refractivity (Wildman–Crippen MR) is 94.5 cm³/mol. The van der Waals surface area contributed by atoms with Crippen LogP contribution in [0, 0.1) is 0 Å². The second-order valence-electron chi connectivity index (χ2n) is 5.45. The molecule has 0 fully saturated rings. The Labute approximate surface area is 137 Å². The molecule has 0 bridgehead atoms. The van der Waals surface area contributed by atoms with Gasteiger partial charge >= 0.3 is 0 Å². The maximum absolute atomic E-state index is 9.56. The number of rotatable bonds is 1. The number of fused-ring (bicyclic) bond motifs is 2. The summed E-state index contributed by atoms with van der Waals surface area (Å²) < 4.78 is 1.08. The van der Waals surface area contributed by atoms with Crippen LogP contribution in [0.4, 0.5) is 0 Å². The molecule has 4 aliphatic carbocycles. The molecule has 0 radical (unpaired) electrons. The second-order valence-corrected chi connectivity index (χ2v) is 6.37. The van der Waals surface area contributed by atoms with Gasteiger partial charge in [0.2, 0.25) is 0 Å². The highest BCUT2D eigenvalue weighted by atomic mass is 79.9. The standard InChI is InChI=1S/C20H13BrO/c21-19-7-5-14-9-18(10-15(14)6-8-19)13-1-3-16-11-20(22)12-17(16)4-2-13/h1-12,22H. The van der Waals surface area contributed by atoms with Crippen molar-refractivity contribution in [2.24, 2.45) is 0 Å². The van der Waals surface area contributed by atoms with Crippen LogP contribution < -0.4 is 0 Å². The molecule has 0 aromatic carbocycles. The molecule has 4 rings (SSSR count). The third-order valence-corrected chi connectivity index (χ3v) is 4.49. The van der Waals surface area contributed by atoms with E-state index in [9.17, 15) is 5.11 Å². The molecule has 0 aromatic rings. The molecule has 0 saturated heterocycles. The molecule has 106 valence electrons. The summed E-state index contributed by atoms with van der Waals surface area (Å²) in [7, 11) is 0. The van der Waals surface area contributed by atoms with Gasteiger partial charge in [0.25, 0.3) is 0 Å². The molecule has 1 N–H and O–H groups in total. The van der Waals surface area contributed by atoms with E-state index >= 15 is 0 Å². The second kappa shape index (κ2) is 5.15. The summed E-state index contributed by atoms with van der Waals surface area (Å²) in [5, 5.41) is 9.56. The van der Waals surface area contributed by atoms with Crippen LogP contribution in [0.15, 0.2) is 77.3 Å². The number of halogens is 1. The van der Waals surface area contributed by atoms with E-state index in [4.69, 9.17) is 0 Å². The van der Waals surface area contributed by atoms with E-state index in [0.29, 0.717) is 5.75 Å². The van der Waals surface area contributed by atoms with Crippen molar-refractivity contribution in [3.8, 4) is 39.1 Å². The van der Waals surface area contributed by atoms with Crippen molar-refractivity contribution in [3.63, 3.8) is 0 Å². The molecule has 2 heteroatoms. The van der Waals surface area contributed by atoms with Crippen molar-refractivity contribution in [3.05, 3.63) is 77.3 Å². The highest BCUT2D eigenvalue weighted by molar-refractivity contribution is 9.10. The van der Waals surface area contributed by atoms with E-state index in [-0.39, 0.29) is 0 Å². The van der Waals surface area contributed by atoms with Gasteiger partial charge in [-0.05, 0) is 69.8 Å². The lowest BCUT2D eigenvalue weighted by Gasteiger charge is -1.91. The van der Waals surface area contributed by atoms with Crippen LogP contribution in [0.1, 0.15) is 0 Å². The van der Waals surface area contributed by atoms with E-state index in [1.807, 2.05) is 0 Å². The Morgan fingerprint density at radius 1 is 0.500 bits per heavy atom. The Morgan fingerprint density at radius 2 is 0.909 bits per heavy atom. The maximum Gasteiger partial charge on any atom is 0.116 e. The number of aromatic hydroxyl groups is 1. The largest absolute Gasteiger partial charge is 0.508 e. The zero-order valence-corrected chi connectivity index (χ0v) is 13.3. The molecule has 0 heterocycles. The van der Waals surface area contributed by atoms with Crippen LogP contribution in [0.2, 0.25) is 0 Å². The van der Waals surface area contributed by atoms with E-state index in [1.54, 1.807) is 12.1 Å². The molecule has 22 heavy (non-hydrogen) atoms. The summed E-state index contributed by atoms with van der Waals surface area (Å²) in [6, 6.07) is 24.7. The fourth-order valence-corrected chi connectivity index (χ4v) is 3.08. The van der Waals surface area contributed by atoms with Crippen LogP contribution in [0.25, 0.3) is 33.4 Å². The first-order valence-corrected chi connectivity index (χ1v) is 7.91. The third kappa shape index (κ3) is 2.36. The van der Waals surface area contributed by atoms with Crippen LogP contribution in [0.3, 0.4) is 0 Å². The predicted octanol–water partition coefficient (Wildman–Crippen LogP) is 6.03. The van der Waals surface area contributed by atoms with Gasteiger partial charge in [-0.3, -0.25) is 0 Å². The summed E-state index contributed by atoms with van der Waals surface area (Å²) in [5.74, 6) is 0.319. The molecule has 0 unspecified atom stereocenters. The van der Waals surface area contributed by atoms with E-state index in [2.05, 4.69) is 76.6 Å². The third-order valence-electron chi connectivity index (χ3n) is 3.96. The van der Waals surface area contributed by atoms with Gasteiger partial charge in [-0.15, -0.1) is 0 Å². The first-order valence-electron chi connectivity index (χ1n) is 7.11. The summed E-state index contributed by atoms with van der Waals surface area (Å²) >= 11 is 3.50. The first kappa shape index (κ1) is 13.4. The normalized spacial score (nSPS) is 11.1. The van der Waals surface area contributed by atoms with Crippen LogP contribution in [-0.4, -0.2) is 5.11 Å². The van der Waals surface area contributed by atoms with Crippen molar-refractivity contribution in [1.82, 2.24) is 0 Å². The first-order chi connectivity index (χ1) is 10.7. The van der Waals surface area contributed by atoms with Crippen molar-refractivity contribution in [2.45, 2.75) is 0 Å².